The Morgan fingerprint density at radius 1 is 1.35 bits per heavy atom. The quantitative estimate of drug-likeness (QED) is 0.779. The number of amides is 1. The van der Waals surface area contributed by atoms with Gasteiger partial charge in [-0.25, -0.2) is 4.39 Å². The van der Waals surface area contributed by atoms with Gasteiger partial charge in [0.2, 0.25) is 5.91 Å². The Morgan fingerprint density at radius 3 is 2.50 bits per heavy atom. The number of nitrogens with two attached hydrogens (primary N) is 1. The summed E-state index contributed by atoms with van der Waals surface area (Å²) in [5.41, 5.74) is 5.71. The molecule has 0 aliphatic heterocycles. The molecule has 2 atom stereocenters. The number of benzene rings is 1. The maximum Gasteiger partial charge on any atom is 0.226 e. The van der Waals surface area contributed by atoms with Crippen LogP contribution < -0.4 is 10.5 Å². The Hall–Kier alpha value is -1.62. The van der Waals surface area contributed by atoms with Gasteiger partial charge in [0.05, 0.1) is 12.5 Å². The summed E-state index contributed by atoms with van der Waals surface area (Å²) >= 11 is 0. The van der Waals surface area contributed by atoms with Crippen LogP contribution >= 0.6 is 0 Å². The van der Waals surface area contributed by atoms with E-state index in [1.807, 2.05) is 13.8 Å². The second-order valence-corrected chi connectivity index (χ2v) is 5.06. The molecule has 0 saturated heterocycles. The zero-order valence-corrected chi connectivity index (χ0v) is 12.3. The smallest absolute Gasteiger partial charge is 0.226 e. The predicted octanol–water partition coefficient (Wildman–Crippen LogP) is 2.04. The van der Waals surface area contributed by atoms with Gasteiger partial charge in [0.1, 0.15) is 11.6 Å². The van der Waals surface area contributed by atoms with Crippen LogP contribution in [0.15, 0.2) is 24.3 Å². The van der Waals surface area contributed by atoms with Gasteiger partial charge in [-0.3, -0.25) is 4.79 Å². The van der Waals surface area contributed by atoms with Gasteiger partial charge in [0.25, 0.3) is 0 Å². The van der Waals surface area contributed by atoms with Gasteiger partial charge in [-0.15, -0.1) is 0 Å². The third-order valence-corrected chi connectivity index (χ3v) is 3.27. The molecule has 0 heterocycles. The highest BCUT2D eigenvalue weighted by molar-refractivity contribution is 5.78. The number of halogens is 1. The SMILES string of the molecule is CC(N)C(C)C(=O)N(C)CCCOc1ccc(F)cc1. The van der Waals surface area contributed by atoms with Crippen molar-refractivity contribution in [2.24, 2.45) is 11.7 Å². The Morgan fingerprint density at radius 2 is 1.95 bits per heavy atom. The second kappa shape index (κ2) is 7.85. The molecular formula is C15H23FN2O2. The van der Waals surface area contributed by atoms with Gasteiger partial charge in [-0.1, -0.05) is 6.92 Å². The summed E-state index contributed by atoms with van der Waals surface area (Å²) in [7, 11) is 1.76. The highest BCUT2D eigenvalue weighted by atomic mass is 19.1. The van der Waals surface area contributed by atoms with E-state index in [0.717, 1.165) is 0 Å². The van der Waals surface area contributed by atoms with Crippen molar-refractivity contribution in [3.8, 4) is 5.75 Å². The molecule has 0 aromatic heterocycles. The van der Waals surface area contributed by atoms with E-state index in [2.05, 4.69) is 0 Å². The van der Waals surface area contributed by atoms with E-state index in [9.17, 15) is 9.18 Å². The first-order valence-electron chi connectivity index (χ1n) is 6.80. The van der Waals surface area contributed by atoms with Crippen molar-refractivity contribution in [3.63, 3.8) is 0 Å². The molecule has 1 aromatic carbocycles. The van der Waals surface area contributed by atoms with E-state index < -0.39 is 0 Å². The topological polar surface area (TPSA) is 55.6 Å². The molecule has 0 aliphatic rings. The molecule has 5 heteroatoms. The maximum atomic E-state index is 12.7. The zero-order chi connectivity index (χ0) is 15.1. The minimum absolute atomic E-state index is 0.0433. The summed E-state index contributed by atoms with van der Waals surface area (Å²) in [5.74, 6) is 0.205. The van der Waals surface area contributed by atoms with Crippen LogP contribution in [0.5, 0.6) is 5.75 Å². The number of ether oxygens (including phenoxy) is 1. The fourth-order valence-electron chi connectivity index (χ4n) is 1.71. The highest BCUT2D eigenvalue weighted by Gasteiger charge is 2.20. The third kappa shape index (κ3) is 5.17. The van der Waals surface area contributed by atoms with Crippen molar-refractivity contribution in [1.29, 1.82) is 0 Å². The summed E-state index contributed by atoms with van der Waals surface area (Å²) < 4.78 is 18.2. The van der Waals surface area contributed by atoms with Gasteiger partial charge in [-0.2, -0.15) is 0 Å². The fraction of sp³-hybridized carbons (Fsp3) is 0.533. The van der Waals surface area contributed by atoms with E-state index >= 15 is 0 Å². The summed E-state index contributed by atoms with van der Waals surface area (Å²) in [6.07, 6.45) is 0.714. The molecule has 0 spiro atoms. The van der Waals surface area contributed by atoms with Gasteiger partial charge < -0.3 is 15.4 Å². The second-order valence-electron chi connectivity index (χ2n) is 5.06. The van der Waals surface area contributed by atoms with Gasteiger partial charge >= 0.3 is 0 Å². The lowest BCUT2D eigenvalue weighted by Crippen LogP contribution is -2.40. The molecule has 1 amide bonds. The fourth-order valence-corrected chi connectivity index (χ4v) is 1.71. The van der Waals surface area contributed by atoms with Crippen LogP contribution in [0.2, 0.25) is 0 Å². The minimum Gasteiger partial charge on any atom is -0.494 e. The van der Waals surface area contributed by atoms with Gasteiger partial charge in [0, 0.05) is 19.6 Å². The summed E-state index contributed by atoms with van der Waals surface area (Å²) in [4.78, 5) is 13.6. The van der Waals surface area contributed by atoms with Crippen LogP contribution in [0, 0.1) is 11.7 Å². The number of carbonyl (C=O) groups excluding carboxylic acids is 1. The molecule has 0 bridgehead atoms. The zero-order valence-electron chi connectivity index (χ0n) is 12.3. The summed E-state index contributed by atoms with van der Waals surface area (Å²) in [6, 6.07) is 5.73. The average molecular weight is 282 g/mol. The van der Waals surface area contributed by atoms with Crippen LogP contribution in [-0.2, 0) is 4.79 Å². The Bertz CT molecular complexity index is 420. The lowest BCUT2D eigenvalue weighted by Gasteiger charge is -2.23. The molecule has 0 radical (unpaired) electrons. The molecule has 112 valence electrons. The number of nitrogens with zero attached hydrogens (tertiary/aromatic N) is 1. The van der Waals surface area contributed by atoms with Crippen LogP contribution in [-0.4, -0.2) is 37.0 Å². The number of hydrogen-bond acceptors (Lipinski definition) is 3. The first-order chi connectivity index (χ1) is 9.41. The number of rotatable bonds is 7. The highest BCUT2D eigenvalue weighted by Crippen LogP contribution is 2.11. The van der Waals surface area contributed by atoms with E-state index in [0.29, 0.717) is 25.3 Å². The maximum absolute atomic E-state index is 12.7. The molecule has 20 heavy (non-hydrogen) atoms. The molecule has 0 fully saturated rings. The summed E-state index contributed by atoms with van der Waals surface area (Å²) in [6.45, 7) is 4.75. The molecule has 2 unspecified atom stereocenters. The molecule has 0 saturated carbocycles. The van der Waals surface area contributed by atoms with Crippen molar-refractivity contribution < 1.29 is 13.9 Å². The molecule has 1 aromatic rings. The predicted molar refractivity (Wildman–Crippen MR) is 77.0 cm³/mol. The van der Waals surface area contributed by atoms with E-state index in [-0.39, 0.29) is 23.7 Å². The van der Waals surface area contributed by atoms with Gasteiger partial charge in [-0.05, 0) is 37.6 Å². The number of hydrogen-bond donors (Lipinski definition) is 1. The normalized spacial score (nSPS) is 13.7. The summed E-state index contributed by atoms with van der Waals surface area (Å²) in [5, 5.41) is 0. The Kier molecular flexibility index (Phi) is 6.45. The first-order valence-corrected chi connectivity index (χ1v) is 6.80. The van der Waals surface area contributed by atoms with E-state index in [4.69, 9.17) is 10.5 Å². The van der Waals surface area contributed by atoms with Crippen molar-refractivity contribution in [2.45, 2.75) is 26.3 Å². The average Bonchev–Trinajstić information content (AvgIpc) is 2.43. The van der Waals surface area contributed by atoms with Crippen LogP contribution in [0.25, 0.3) is 0 Å². The molecule has 0 aliphatic carbocycles. The number of carbonyl (C=O) groups is 1. The minimum atomic E-state index is -0.285. The lowest BCUT2D eigenvalue weighted by atomic mass is 10.0. The standard InChI is InChI=1S/C15H23FN2O2/c1-11(12(2)17)15(19)18(3)9-4-10-20-14-7-5-13(16)6-8-14/h5-8,11-12H,4,9-10,17H2,1-3H3. The molecule has 1 rings (SSSR count). The van der Waals surface area contributed by atoms with E-state index in [1.54, 1.807) is 24.1 Å². The molecular weight excluding hydrogens is 259 g/mol. The Balaban J connectivity index is 2.27. The van der Waals surface area contributed by atoms with Crippen molar-refractivity contribution in [1.82, 2.24) is 4.90 Å². The lowest BCUT2D eigenvalue weighted by molar-refractivity contribution is -0.134. The van der Waals surface area contributed by atoms with Crippen molar-refractivity contribution in [2.75, 3.05) is 20.2 Å². The molecule has 4 nitrogen and oxygen atoms in total. The first kappa shape index (κ1) is 16.4. The van der Waals surface area contributed by atoms with Crippen molar-refractivity contribution >= 4 is 5.91 Å². The van der Waals surface area contributed by atoms with E-state index in [1.165, 1.54) is 12.1 Å². The molecule has 2 N–H and O–H groups in total. The monoisotopic (exact) mass is 282 g/mol. The van der Waals surface area contributed by atoms with Crippen LogP contribution in [0.4, 0.5) is 4.39 Å². The van der Waals surface area contributed by atoms with Gasteiger partial charge in [0.15, 0.2) is 0 Å². The van der Waals surface area contributed by atoms with Crippen LogP contribution in [0.1, 0.15) is 20.3 Å². The largest absolute Gasteiger partial charge is 0.494 e. The Labute approximate surface area is 119 Å². The van der Waals surface area contributed by atoms with Crippen molar-refractivity contribution in [3.05, 3.63) is 30.1 Å². The van der Waals surface area contributed by atoms with Crippen LogP contribution in [0.3, 0.4) is 0 Å². The third-order valence-electron chi connectivity index (χ3n) is 3.27.